The van der Waals surface area contributed by atoms with Gasteiger partial charge in [-0.1, -0.05) is 43.2 Å². The van der Waals surface area contributed by atoms with Crippen molar-refractivity contribution in [1.29, 1.82) is 0 Å². The Balaban J connectivity index is 2.19. The zero-order chi connectivity index (χ0) is 13.4. The number of aliphatic carboxylic acids is 1. The van der Waals surface area contributed by atoms with Crippen LogP contribution in [0.5, 0.6) is 0 Å². The van der Waals surface area contributed by atoms with Crippen LogP contribution in [0.2, 0.25) is 0 Å². The van der Waals surface area contributed by atoms with Crippen LogP contribution in [0.3, 0.4) is 0 Å². The van der Waals surface area contributed by atoms with E-state index in [4.69, 9.17) is 10.8 Å². The SMILES string of the molecule is NC(=O)C(CCCCCc1ccccc1)C(=O)O. The van der Waals surface area contributed by atoms with Crippen molar-refractivity contribution in [2.75, 3.05) is 0 Å². The summed E-state index contributed by atoms with van der Waals surface area (Å²) in [6.07, 6.45) is 3.93. The van der Waals surface area contributed by atoms with Crippen molar-refractivity contribution >= 4 is 11.9 Å². The molecule has 1 atom stereocenters. The molecule has 0 aliphatic heterocycles. The summed E-state index contributed by atoms with van der Waals surface area (Å²) in [5, 5.41) is 8.78. The molecular formula is C14H19NO3. The molecule has 0 saturated carbocycles. The van der Waals surface area contributed by atoms with E-state index >= 15 is 0 Å². The number of rotatable bonds is 8. The summed E-state index contributed by atoms with van der Waals surface area (Å²) < 4.78 is 0. The molecule has 0 radical (unpaired) electrons. The van der Waals surface area contributed by atoms with E-state index in [0.29, 0.717) is 12.8 Å². The Hall–Kier alpha value is -1.84. The van der Waals surface area contributed by atoms with Crippen LogP contribution >= 0.6 is 0 Å². The summed E-state index contributed by atoms with van der Waals surface area (Å²) in [7, 11) is 0. The summed E-state index contributed by atoms with van der Waals surface area (Å²) in [6.45, 7) is 0. The molecule has 0 spiro atoms. The minimum absolute atomic E-state index is 0.333. The fourth-order valence-corrected chi connectivity index (χ4v) is 1.89. The van der Waals surface area contributed by atoms with Crippen molar-refractivity contribution in [3.8, 4) is 0 Å². The molecule has 3 N–H and O–H groups in total. The summed E-state index contributed by atoms with van der Waals surface area (Å²) in [6, 6.07) is 10.1. The second kappa shape index (κ2) is 7.48. The first-order valence-corrected chi connectivity index (χ1v) is 6.17. The monoisotopic (exact) mass is 249 g/mol. The van der Waals surface area contributed by atoms with Gasteiger partial charge in [-0.2, -0.15) is 0 Å². The number of nitrogens with two attached hydrogens (primary N) is 1. The Morgan fingerprint density at radius 1 is 1.11 bits per heavy atom. The number of aryl methyl sites for hydroxylation is 1. The van der Waals surface area contributed by atoms with E-state index in [1.54, 1.807) is 0 Å². The van der Waals surface area contributed by atoms with E-state index in [0.717, 1.165) is 19.3 Å². The molecule has 4 nitrogen and oxygen atoms in total. The molecule has 0 saturated heterocycles. The maximum absolute atomic E-state index is 10.9. The first-order valence-electron chi connectivity index (χ1n) is 6.17. The van der Waals surface area contributed by atoms with Crippen LogP contribution in [0, 0.1) is 5.92 Å². The molecule has 18 heavy (non-hydrogen) atoms. The van der Waals surface area contributed by atoms with Crippen molar-refractivity contribution in [1.82, 2.24) is 0 Å². The highest BCUT2D eigenvalue weighted by atomic mass is 16.4. The Morgan fingerprint density at radius 2 is 1.78 bits per heavy atom. The lowest BCUT2D eigenvalue weighted by molar-refractivity contribution is -0.146. The van der Waals surface area contributed by atoms with E-state index in [1.165, 1.54) is 5.56 Å². The van der Waals surface area contributed by atoms with Gasteiger partial charge in [0.2, 0.25) is 5.91 Å². The topological polar surface area (TPSA) is 80.4 Å². The third kappa shape index (κ3) is 4.99. The van der Waals surface area contributed by atoms with Crippen LogP contribution in [0.25, 0.3) is 0 Å². The first kappa shape index (κ1) is 14.2. The van der Waals surface area contributed by atoms with Crippen molar-refractivity contribution in [3.05, 3.63) is 35.9 Å². The lowest BCUT2D eigenvalue weighted by atomic mass is 9.99. The fraction of sp³-hybridized carbons (Fsp3) is 0.429. The van der Waals surface area contributed by atoms with E-state index in [-0.39, 0.29) is 0 Å². The standard InChI is InChI=1S/C14H19NO3/c15-13(16)12(14(17)18)10-6-2-5-9-11-7-3-1-4-8-11/h1,3-4,7-8,12H,2,5-6,9-10H2,(H2,15,16)(H,17,18). The molecule has 1 rings (SSSR count). The molecule has 0 bridgehead atoms. The van der Waals surface area contributed by atoms with Gasteiger partial charge in [-0.25, -0.2) is 0 Å². The minimum atomic E-state index is -1.12. The third-order valence-corrected chi connectivity index (χ3v) is 2.94. The maximum atomic E-state index is 10.9. The van der Waals surface area contributed by atoms with Crippen LogP contribution < -0.4 is 5.73 Å². The normalized spacial score (nSPS) is 12.0. The van der Waals surface area contributed by atoms with Gasteiger partial charge in [0, 0.05) is 0 Å². The van der Waals surface area contributed by atoms with Gasteiger partial charge in [-0.15, -0.1) is 0 Å². The second-order valence-electron chi connectivity index (χ2n) is 4.38. The van der Waals surface area contributed by atoms with Crippen LogP contribution in [0.1, 0.15) is 31.2 Å². The van der Waals surface area contributed by atoms with Crippen LogP contribution in [0.15, 0.2) is 30.3 Å². The molecule has 0 aromatic heterocycles. The number of primary amides is 1. The highest BCUT2D eigenvalue weighted by Gasteiger charge is 2.22. The first-order chi connectivity index (χ1) is 8.61. The summed E-state index contributed by atoms with van der Waals surface area (Å²) in [4.78, 5) is 21.6. The average molecular weight is 249 g/mol. The molecule has 1 aromatic carbocycles. The Kier molecular flexibility index (Phi) is 5.91. The van der Waals surface area contributed by atoms with E-state index in [9.17, 15) is 9.59 Å². The van der Waals surface area contributed by atoms with E-state index in [2.05, 4.69) is 12.1 Å². The molecule has 1 aromatic rings. The lowest BCUT2D eigenvalue weighted by Crippen LogP contribution is -2.30. The molecule has 4 heteroatoms. The van der Waals surface area contributed by atoms with Gasteiger partial charge in [0.1, 0.15) is 5.92 Å². The van der Waals surface area contributed by atoms with Gasteiger partial charge in [0.15, 0.2) is 0 Å². The van der Waals surface area contributed by atoms with E-state index < -0.39 is 17.8 Å². The zero-order valence-corrected chi connectivity index (χ0v) is 10.3. The van der Waals surface area contributed by atoms with Crippen LogP contribution in [0.4, 0.5) is 0 Å². The summed E-state index contributed by atoms with van der Waals surface area (Å²) in [5.41, 5.74) is 6.30. The number of unbranched alkanes of at least 4 members (excludes halogenated alkanes) is 2. The van der Waals surface area contributed by atoms with Crippen LogP contribution in [-0.4, -0.2) is 17.0 Å². The highest BCUT2D eigenvalue weighted by molar-refractivity contribution is 5.95. The Morgan fingerprint density at radius 3 is 2.33 bits per heavy atom. The van der Waals surface area contributed by atoms with Gasteiger partial charge in [0.05, 0.1) is 0 Å². The average Bonchev–Trinajstić information content (AvgIpc) is 2.34. The summed E-state index contributed by atoms with van der Waals surface area (Å²) >= 11 is 0. The second-order valence-corrected chi connectivity index (χ2v) is 4.38. The highest BCUT2D eigenvalue weighted by Crippen LogP contribution is 2.12. The van der Waals surface area contributed by atoms with Gasteiger partial charge in [0.25, 0.3) is 0 Å². The number of amides is 1. The maximum Gasteiger partial charge on any atom is 0.316 e. The largest absolute Gasteiger partial charge is 0.481 e. The Bertz CT molecular complexity index is 375. The van der Waals surface area contributed by atoms with Crippen molar-refractivity contribution in [2.45, 2.75) is 32.1 Å². The van der Waals surface area contributed by atoms with Crippen molar-refractivity contribution < 1.29 is 14.7 Å². The van der Waals surface area contributed by atoms with E-state index in [1.807, 2.05) is 18.2 Å². The number of benzene rings is 1. The molecular weight excluding hydrogens is 230 g/mol. The third-order valence-electron chi connectivity index (χ3n) is 2.94. The van der Waals surface area contributed by atoms with Gasteiger partial charge in [-0.05, 0) is 24.8 Å². The predicted octanol–water partition coefficient (Wildman–Crippen LogP) is 1.98. The molecule has 1 unspecified atom stereocenters. The predicted molar refractivity (Wildman–Crippen MR) is 68.9 cm³/mol. The molecule has 98 valence electrons. The van der Waals surface area contributed by atoms with Crippen molar-refractivity contribution in [3.63, 3.8) is 0 Å². The van der Waals surface area contributed by atoms with Gasteiger partial charge >= 0.3 is 5.97 Å². The zero-order valence-electron chi connectivity index (χ0n) is 10.3. The minimum Gasteiger partial charge on any atom is -0.481 e. The number of carbonyl (C=O) groups excluding carboxylic acids is 1. The van der Waals surface area contributed by atoms with Gasteiger partial charge in [-0.3, -0.25) is 9.59 Å². The molecule has 0 fully saturated rings. The molecule has 0 aliphatic carbocycles. The quantitative estimate of drug-likeness (QED) is 0.546. The van der Waals surface area contributed by atoms with Crippen molar-refractivity contribution in [2.24, 2.45) is 11.7 Å². The van der Waals surface area contributed by atoms with Gasteiger partial charge < -0.3 is 10.8 Å². The molecule has 0 heterocycles. The van der Waals surface area contributed by atoms with Crippen LogP contribution in [-0.2, 0) is 16.0 Å². The number of hydrogen-bond donors (Lipinski definition) is 2. The lowest BCUT2D eigenvalue weighted by Gasteiger charge is -2.07. The number of carbonyl (C=O) groups is 2. The molecule has 0 aliphatic rings. The smallest absolute Gasteiger partial charge is 0.316 e. The molecule has 1 amide bonds. The number of hydrogen-bond acceptors (Lipinski definition) is 2. The number of carboxylic acids is 1. The number of carboxylic acid groups (broad SMARTS) is 1. The summed E-state index contributed by atoms with van der Waals surface area (Å²) in [5.74, 6) is -2.90. The Labute approximate surface area is 107 Å². The fourth-order valence-electron chi connectivity index (χ4n) is 1.89.